The number of rotatable bonds is 1. The minimum absolute atomic E-state index is 0.00431. The van der Waals surface area contributed by atoms with Gasteiger partial charge in [-0.1, -0.05) is 0 Å². The zero-order valence-corrected chi connectivity index (χ0v) is 9.49. The molecular formula is C6H11NO3Sn. The molecule has 1 rings (SSSR count). The predicted molar refractivity (Wildman–Crippen MR) is 40.9 cm³/mol. The Balaban J connectivity index is 2.39. The topological polar surface area (TPSA) is 49.8 Å². The van der Waals surface area contributed by atoms with E-state index in [9.17, 15) is 4.79 Å². The molecule has 1 fully saturated rings. The van der Waals surface area contributed by atoms with Crippen LogP contribution >= 0.6 is 0 Å². The molecule has 62 valence electrons. The fourth-order valence-corrected chi connectivity index (χ4v) is 1.70. The van der Waals surface area contributed by atoms with Gasteiger partial charge in [-0.15, -0.1) is 0 Å². The Morgan fingerprint density at radius 3 is 3.09 bits per heavy atom. The van der Waals surface area contributed by atoms with Gasteiger partial charge in [-0.05, 0) is 0 Å². The second kappa shape index (κ2) is 4.27. The number of morpholine rings is 1. The van der Waals surface area contributed by atoms with Crippen LogP contribution < -0.4 is 0 Å². The van der Waals surface area contributed by atoms with Crippen molar-refractivity contribution in [3.8, 4) is 0 Å². The Labute approximate surface area is 78.6 Å². The molecule has 1 heterocycles. The van der Waals surface area contributed by atoms with E-state index in [2.05, 4.69) is 0 Å². The summed E-state index contributed by atoms with van der Waals surface area (Å²) < 4.78 is 5.36. The summed E-state index contributed by atoms with van der Waals surface area (Å²) in [6.07, 6.45) is -0.167. The number of carbonyl (C=O) groups is 1. The summed E-state index contributed by atoms with van der Waals surface area (Å²) >= 11 is 0.616. The molecule has 1 N–H and O–H groups in total. The first kappa shape index (κ1) is 9.28. The normalized spacial score (nSPS) is 25.3. The molecule has 1 amide bonds. The number of hydrogen-bond donors (Lipinski definition) is 1. The number of aliphatic hydroxyl groups is 1. The van der Waals surface area contributed by atoms with E-state index in [-0.39, 0.29) is 16.6 Å². The number of amides is 1. The predicted octanol–water partition coefficient (Wildman–Crippen LogP) is -1.30. The first-order valence-corrected chi connectivity index (χ1v) is 5.15. The summed E-state index contributed by atoms with van der Waals surface area (Å²) in [4.78, 5) is 12.6. The molecule has 0 saturated carbocycles. The first-order chi connectivity index (χ1) is 5.24. The molecular weight excluding hydrogens is 253 g/mol. The molecule has 1 atom stereocenters. The van der Waals surface area contributed by atoms with Crippen LogP contribution in [0.1, 0.15) is 0 Å². The van der Waals surface area contributed by atoms with Crippen LogP contribution in [0.3, 0.4) is 0 Å². The molecule has 1 aliphatic heterocycles. The van der Waals surface area contributed by atoms with Crippen LogP contribution in [0, 0.1) is 0 Å². The average molecular weight is 264 g/mol. The van der Waals surface area contributed by atoms with E-state index >= 15 is 0 Å². The van der Waals surface area contributed by atoms with Gasteiger partial charge in [-0.3, -0.25) is 0 Å². The van der Waals surface area contributed by atoms with E-state index in [4.69, 9.17) is 9.84 Å². The summed E-state index contributed by atoms with van der Waals surface area (Å²) in [6.45, 7) is 1.79. The minimum atomic E-state index is -0.167. The summed E-state index contributed by atoms with van der Waals surface area (Å²) in [5.74, 6) is 0. The van der Waals surface area contributed by atoms with Gasteiger partial charge in [0.15, 0.2) is 0 Å². The number of carbonyl (C=O) groups excluding carboxylic acids is 1. The molecule has 1 aliphatic rings. The van der Waals surface area contributed by atoms with Gasteiger partial charge in [-0.2, -0.15) is 0 Å². The van der Waals surface area contributed by atoms with Crippen LogP contribution in [-0.4, -0.2) is 68.9 Å². The fraction of sp³-hybridized carbons (Fsp3) is 0.833. The molecule has 2 radical (unpaired) electrons. The van der Waals surface area contributed by atoms with Gasteiger partial charge in [0.05, 0.1) is 0 Å². The van der Waals surface area contributed by atoms with Gasteiger partial charge >= 0.3 is 78.4 Å². The monoisotopic (exact) mass is 265 g/mol. The maximum atomic E-state index is 10.9. The SMILES string of the molecule is O=[C]([SnH])N1CCOC(CO)C1. The summed E-state index contributed by atoms with van der Waals surface area (Å²) in [7, 11) is 0. The molecule has 4 nitrogen and oxygen atoms in total. The Kier molecular flexibility index (Phi) is 3.60. The summed E-state index contributed by atoms with van der Waals surface area (Å²) in [5, 5.41) is 8.74. The van der Waals surface area contributed by atoms with E-state index < -0.39 is 0 Å². The van der Waals surface area contributed by atoms with Crippen molar-refractivity contribution in [1.29, 1.82) is 0 Å². The van der Waals surface area contributed by atoms with Crippen molar-refractivity contribution in [1.82, 2.24) is 4.90 Å². The molecule has 0 aromatic carbocycles. The van der Waals surface area contributed by atoms with Crippen LogP contribution in [0.25, 0.3) is 0 Å². The van der Waals surface area contributed by atoms with Gasteiger partial charge < -0.3 is 0 Å². The average Bonchev–Trinajstić information content (AvgIpc) is 2.05. The van der Waals surface area contributed by atoms with Crippen molar-refractivity contribution in [3.05, 3.63) is 0 Å². The van der Waals surface area contributed by atoms with Crippen LogP contribution in [0.4, 0.5) is 4.79 Å². The van der Waals surface area contributed by atoms with E-state index in [1.54, 1.807) is 4.90 Å². The molecule has 11 heavy (non-hydrogen) atoms. The van der Waals surface area contributed by atoms with Gasteiger partial charge in [-0.25, -0.2) is 0 Å². The van der Waals surface area contributed by atoms with E-state index in [1.165, 1.54) is 0 Å². The standard InChI is InChI=1S/C6H10NO3.Sn.H/c8-4-6-3-7(5-9)1-2-10-6;;/h6,8H,1-4H2;;. The van der Waals surface area contributed by atoms with Crippen molar-refractivity contribution < 1.29 is 14.6 Å². The Bertz CT molecular complexity index is 153. The molecule has 1 saturated heterocycles. The fourth-order valence-electron chi connectivity index (χ4n) is 1.03. The Morgan fingerprint density at radius 2 is 2.55 bits per heavy atom. The van der Waals surface area contributed by atoms with Crippen molar-refractivity contribution in [3.63, 3.8) is 0 Å². The second-order valence-corrected chi connectivity index (χ2v) is 3.87. The quantitative estimate of drug-likeness (QED) is 0.599. The number of hydrogen-bond acceptors (Lipinski definition) is 3. The number of ether oxygens (including phenoxy) is 1. The Morgan fingerprint density at radius 1 is 1.82 bits per heavy atom. The maximum absolute atomic E-state index is 10.9. The van der Waals surface area contributed by atoms with Crippen LogP contribution in [0.5, 0.6) is 0 Å². The summed E-state index contributed by atoms with van der Waals surface area (Å²) in [6, 6.07) is 0. The molecule has 0 bridgehead atoms. The molecule has 0 aliphatic carbocycles. The van der Waals surface area contributed by atoms with Crippen LogP contribution in [-0.2, 0) is 4.74 Å². The number of nitrogens with zero attached hydrogens (tertiary/aromatic N) is 1. The van der Waals surface area contributed by atoms with E-state index in [1.807, 2.05) is 0 Å². The molecule has 0 aromatic rings. The second-order valence-electron chi connectivity index (χ2n) is 2.46. The zero-order chi connectivity index (χ0) is 8.27. The van der Waals surface area contributed by atoms with Crippen LogP contribution in [0.15, 0.2) is 0 Å². The molecule has 0 aromatic heterocycles. The number of aliphatic hydroxyl groups excluding tert-OH is 1. The van der Waals surface area contributed by atoms with Crippen molar-refractivity contribution in [2.24, 2.45) is 0 Å². The third-order valence-electron chi connectivity index (χ3n) is 1.65. The van der Waals surface area contributed by atoms with E-state index in [0.717, 1.165) is 0 Å². The molecule has 0 spiro atoms. The summed E-state index contributed by atoms with van der Waals surface area (Å²) in [5.41, 5.74) is 0. The van der Waals surface area contributed by atoms with Gasteiger partial charge in [0.1, 0.15) is 0 Å². The zero-order valence-electron chi connectivity index (χ0n) is 6.19. The third-order valence-corrected chi connectivity index (χ3v) is 2.70. The molecule has 1 unspecified atom stereocenters. The molecule has 5 heteroatoms. The first-order valence-electron chi connectivity index (χ1n) is 3.51. The van der Waals surface area contributed by atoms with Crippen LogP contribution in [0.2, 0.25) is 0 Å². The van der Waals surface area contributed by atoms with Crippen molar-refractivity contribution in [2.45, 2.75) is 6.10 Å². The van der Waals surface area contributed by atoms with Crippen molar-refractivity contribution in [2.75, 3.05) is 26.3 Å². The van der Waals surface area contributed by atoms with Crippen molar-refractivity contribution >= 4 is 26.4 Å². The van der Waals surface area contributed by atoms with Gasteiger partial charge in [0.2, 0.25) is 0 Å². The van der Waals surface area contributed by atoms with E-state index in [0.29, 0.717) is 42.2 Å². The Hall–Kier alpha value is 0.189. The van der Waals surface area contributed by atoms with Gasteiger partial charge in [0, 0.05) is 0 Å². The van der Waals surface area contributed by atoms with Gasteiger partial charge in [0.25, 0.3) is 0 Å². The third kappa shape index (κ3) is 2.61.